The molecule has 1 amide bonds. The van der Waals surface area contributed by atoms with E-state index in [1.165, 1.54) is 23.9 Å². The van der Waals surface area contributed by atoms with Crippen LogP contribution in [0.2, 0.25) is 0 Å². The van der Waals surface area contributed by atoms with Crippen molar-refractivity contribution in [3.05, 3.63) is 53.8 Å². The van der Waals surface area contributed by atoms with E-state index < -0.39 is 11.9 Å². The highest BCUT2D eigenvalue weighted by Crippen LogP contribution is 2.53. The summed E-state index contributed by atoms with van der Waals surface area (Å²) in [6.45, 7) is 4.77. The second kappa shape index (κ2) is 7.59. The van der Waals surface area contributed by atoms with Gasteiger partial charge in [-0.2, -0.15) is 0 Å². The number of aryl methyl sites for hydroxylation is 1. The smallest absolute Gasteiger partial charge is 0.240 e. The number of amides is 1. The van der Waals surface area contributed by atoms with E-state index >= 15 is 0 Å². The van der Waals surface area contributed by atoms with Crippen LogP contribution in [0.4, 0.5) is 8.78 Å². The molecule has 0 saturated carbocycles. The van der Waals surface area contributed by atoms with Crippen molar-refractivity contribution in [2.24, 2.45) is 0 Å². The number of carbonyl (C=O) groups excluding carboxylic acids is 1. The fraction of sp³-hybridized carbons (Fsp3) is 0.318. The lowest BCUT2D eigenvalue weighted by molar-refractivity contribution is -0.130. The van der Waals surface area contributed by atoms with Gasteiger partial charge in [-0.25, -0.2) is 8.78 Å². The monoisotopic (exact) mass is 400 g/mol. The minimum Gasteiger partial charge on any atom is -0.342 e. The SMILES string of the molecule is CCN(CC)C(=O)C1Sc2ccccc2-c2c1c1cc(F)ccc1n2CCF. The summed E-state index contributed by atoms with van der Waals surface area (Å²) < 4.78 is 29.5. The molecule has 1 aliphatic heterocycles. The van der Waals surface area contributed by atoms with Crippen molar-refractivity contribution < 1.29 is 13.6 Å². The van der Waals surface area contributed by atoms with E-state index in [9.17, 15) is 13.6 Å². The van der Waals surface area contributed by atoms with Crippen LogP contribution in [0.3, 0.4) is 0 Å². The van der Waals surface area contributed by atoms with Crippen LogP contribution in [0, 0.1) is 5.82 Å². The number of halogens is 2. The summed E-state index contributed by atoms with van der Waals surface area (Å²) in [5.41, 5.74) is 3.36. The van der Waals surface area contributed by atoms with E-state index in [1.54, 1.807) is 11.0 Å². The number of hydrogen-bond donors (Lipinski definition) is 0. The summed E-state index contributed by atoms with van der Waals surface area (Å²) in [4.78, 5) is 16.1. The molecule has 6 heteroatoms. The quantitative estimate of drug-likeness (QED) is 0.570. The first-order valence-electron chi connectivity index (χ1n) is 9.53. The number of carbonyl (C=O) groups is 1. The van der Waals surface area contributed by atoms with Crippen molar-refractivity contribution in [1.82, 2.24) is 9.47 Å². The van der Waals surface area contributed by atoms with Crippen molar-refractivity contribution >= 4 is 28.6 Å². The predicted octanol–water partition coefficient (Wildman–Crippen LogP) is 5.43. The molecule has 0 spiro atoms. The number of rotatable bonds is 5. The minimum absolute atomic E-state index is 0.00862. The largest absolute Gasteiger partial charge is 0.342 e. The van der Waals surface area contributed by atoms with Crippen LogP contribution >= 0.6 is 11.8 Å². The zero-order valence-electron chi connectivity index (χ0n) is 15.9. The van der Waals surface area contributed by atoms with Gasteiger partial charge in [-0.05, 0) is 38.1 Å². The molecule has 2 aromatic carbocycles. The Morgan fingerprint density at radius 2 is 1.93 bits per heavy atom. The predicted molar refractivity (Wildman–Crippen MR) is 110 cm³/mol. The maximum absolute atomic E-state index is 14.1. The third-order valence-corrected chi connectivity index (χ3v) is 6.60. The molecular weight excluding hydrogens is 378 g/mol. The third kappa shape index (κ3) is 2.91. The van der Waals surface area contributed by atoms with Gasteiger partial charge in [0.2, 0.25) is 5.91 Å². The van der Waals surface area contributed by atoms with Crippen molar-refractivity contribution in [2.75, 3.05) is 19.8 Å². The van der Waals surface area contributed by atoms with Gasteiger partial charge in [0.15, 0.2) is 0 Å². The van der Waals surface area contributed by atoms with Crippen molar-refractivity contribution in [2.45, 2.75) is 30.5 Å². The number of alkyl halides is 1. The number of hydrogen-bond acceptors (Lipinski definition) is 2. The van der Waals surface area contributed by atoms with Crippen LogP contribution in [0.15, 0.2) is 47.4 Å². The first kappa shape index (κ1) is 19.0. The number of benzene rings is 2. The van der Waals surface area contributed by atoms with Gasteiger partial charge in [-0.3, -0.25) is 4.79 Å². The molecule has 1 atom stereocenters. The molecular formula is C22H22F2N2OS. The lowest BCUT2D eigenvalue weighted by atomic mass is 10.0. The number of thioether (sulfide) groups is 1. The lowest BCUT2D eigenvalue weighted by Gasteiger charge is -2.29. The second-order valence-corrected chi connectivity index (χ2v) is 7.92. The summed E-state index contributed by atoms with van der Waals surface area (Å²) in [5, 5.41) is 0.214. The van der Waals surface area contributed by atoms with Gasteiger partial charge in [0.1, 0.15) is 17.7 Å². The molecule has 0 saturated heterocycles. The third-order valence-electron chi connectivity index (χ3n) is 5.32. The highest BCUT2D eigenvalue weighted by atomic mass is 32.2. The summed E-state index contributed by atoms with van der Waals surface area (Å²) in [7, 11) is 0. The Hall–Kier alpha value is -2.34. The zero-order chi connectivity index (χ0) is 19.8. The molecule has 0 aliphatic carbocycles. The molecule has 4 rings (SSSR count). The molecule has 0 fully saturated rings. The molecule has 1 unspecified atom stereocenters. The van der Waals surface area contributed by atoms with Crippen LogP contribution in [-0.2, 0) is 11.3 Å². The summed E-state index contributed by atoms with van der Waals surface area (Å²) in [6, 6.07) is 12.4. The number of aromatic nitrogens is 1. The van der Waals surface area contributed by atoms with Gasteiger partial charge in [-0.15, -0.1) is 11.8 Å². The number of likely N-dealkylation sites (N-methyl/N-ethyl adjacent to an activating group) is 1. The molecule has 0 N–H and O–H groups in total. The topological polar surface area (TPSA) is 25.2 Å². The summed E-state index contributed by atoms with van der Waals surface area (Å²) in [5.74, 6) is -0.347. The van der Waals surface area contributed by atoms with Crippen LogP contribution in [-0.4, -0.2) is 35.1 Å². The molecule has 3 aromatic rings. The molecule has 0 radical (unpaired) electrons. The van der Waals surface area contributed by atoms with Crippen LogP contribution in [0.1, 0.15) is 24.7 Å². The molecule has 3 nitrogen and oxygen atoms in total. The summed E-state index contributed by atoms with van der Waals surface area (Å²) >= 11 is 1.50. The first-order valence-corrected chi connectivity index (χ1v) is 10.4. The van der Waals surface area contributed by atoms with Gasteiger partial charge < -0.3 is 9.47 Å². The highest BCUT2D eigenvalue weighted by Gasteiger charge is 2.37. The normalized spacial score (nSPS) is 15.4. The number of fused-ring (bicyclic) bond motifs is 5. The molecule has 146 valence electrons. The first-order chi connectivity index (χ1) is 13.6. The van der Waals surface area contributed by atoms with Crippen LogP contribution in [0.25, 0.3) is 22.2 Å². The molecule has 2 heterocycles. The molecule has 1 aromatic heterocycles. The average molecular weight is 400 g/mol. The van der Waals surface area contributed by atoms with E-state index in [4.69, 9.17) is 0 Å². The van der Waals surface area contributed by atoms with Gasteiger partial charge in [0.25, 0.3) is 0 Å². The standard InChI is InChI=1S/C22H22F2N2OS/c1-3-25(4-2)22(27)21-19-16-13-14(24)9-10-17(16)26(12-11-23)20(19)15-7-5-6-8-18(15)28-21/h5-10,13,21H,3-4,11-12H2,1-2H3. The van der Waals surface area contributed by atoms with E-state index in [1.807, 2.05) is 42.7 Å². The van der Waals surface area contributed by atoms with E-state index in [0.29, 0.717) is 18.5 Å². The Kier molecular flexibility index (Phi) is 5.15. The van der Waals surface area contributed by atoms with Gasteiger partial charge in [0, 0.05) is 40.0 Å². The second-order valence-electron chi connectivity index (χ2n) is 6.77. The minimum atomic E-state index is -0.530. The molecule has 1 aliphatic rings. The molecule has 28 heavy (non-hydrogen) atoms. The van der Waals surface area contributed by atoms with Crippen LogP contribution < -0.4 is 0 Å². The highest BCUT2D eigenvalue weighted by molar-refractivity contribution is 8.00. The Bertz CT molecular complexity index is 1040. The Labute approximate surface area is 167 Å². The number of nitrogens with zero attached hydrogens (tertiary/aromatic N) is 2. The zero-order valence-corrected chi connectivity index (χ0v) is 16.7. The van der Waals surface area contributed by atoms with Crippen molar-refractivity contribution in [1.29, 1.82) is 0 Å². The van der Waals surface area contributed by atoms with Gasteiger partial charge >= 0.3 is 0 Å². The van der Waals surface area contributed by atoms with E-state index in [2.05, 4.69) is 0 Å². The van der Waals surface area contributed by atoms with E-state index in [0.717, 1.165) is 27.2 Å². The van der Waals surface area contributed by atoms with E-state index in [-0.39, 0.29) is 18.3 Å². The van der Waals surface area contributed by atoms with Crippen LogP contribution in [0.5, 0.6) is 0 Å². The Morgan fingerprint density at radius 1 is 1.18 bits per heavy atom. The van der Waals surface area contributed by atoms with Crippen molar-refractivity contribution in [3.63, 3.8) is 0 Å². The lowest BCUT2D eigenvalue weighted by Crippen LogP contribution is -2.34. The Morgan fingerprint density at radius 3 is 2.64 bits per heavy atom. The van der Waals surface area contributed by atoms with Crippen molar-refractivity contribution in [3.8, 4) is 11.3 Å². The Balaban J connectivity index is 2.04. The maximum Gasteiger partial charge on any atom is 0.240 e. The van der Waals surface area contributed by atoms with Gasteiger partial charge in [0.05, 0.1) is 12.2 Å². The van der Waals surface area contributed by atoms with Gasteiger partial charge in [-0.1, -0.05) is 18.2 Å². The maximum atomic E-state index is 14.1. The molecule has 0 bridgehead atoms. The fourth-order valence-electron chi connectivity index (χ4n) is 4.05. The average Bonchev–Trinajstić information content (AvgIpc) is 3.02. The summed E-state index contributed by atoms with van der Waals surface area (Å²) in [6.07, 6.45) is 0. The fourth-order valence-corrected chi connectivity index (χ4v) is 5.36.